The van der Waals surface area contributed by atoms with Gasteiger partial charge in [0.1, 0.15) is 6.04 Å². The fourth-order valence-corrected chi connectivity index (χ4v) is 4.48. The summed E-state index contributed by atoms with van der Waals surface area (Å²) in [6.07, 6.45) is 6.03. The van der Waals surface area contributed by atoms with Crippen molar-refractivity contribution in [3.05, 3.63) is 28.5 Å². The van der Waals surface area contributed by atoms with Crippen molar-refractivity contribution in [3.63, 3.8) is 0 Å². The Morgan fingerprint density at radius 2 is 2.26 bits per heavy atom. The van der Waals surface area contributed by atoms with Crippen LogP contribution in [-0.2, 0) is 17.8 Å². The average Bonchev–Trinajstić information content (AvgIpc) is 2.96. The van der Waals surface area contributed by atoms with Gasteiger partial charge in [0, 0.05) is 43.4 Å². The number of rotatable bonds is 1. The summed E-state index contributed by atoms with van der Waals surface area (Å²) in [5.41, 5.74) is 8.76. The molecule has 2 fully saturated rings. The number of aromatic nitrogens is 1. The van der Waals surface area contributed by atoms with Crippen molar-refractivity contribution in [2.75, 3.05) is 6.54 Å². The van der Waals surface area contributed by atoms with Gasteiger partial charge in [0.05, 0.1) is 5.02 Å². The quantitative estimate of drug-likeness (QED) is 0.823. The van der Waals surface area contributed by atoms with Crippen molar-refractivity contribution in [2.24, 2.45) is 11.8 Å². The molecular formula is C17H23ClN4O. The molecule has 1 aliphatic carbocycles. The van der Waals surface area contributed by atoms with E-state index in [1.165, 1.54) is 6.42 Å². The number of fused-ring (bicyclic) bond motifs is 2. The molecule has 1 saturated carbocycles. The van der Waals surface area contributed by atoms with E-state index in [4.69, 9.17) is 11.6 Å². The fourth-order valence-electron chi connectivity index (χ4n) is 4.30. The summed E-state index contributed by atoms with van der Waals surface area (Å²) in [7, 11) is 0. The summed E-state index contributed by atoms with van der Waals surface area (Å²) in [5, 5.41) is 0.639. The Morgan fingerprint density at radius 3 is 3.13 bits per heavy atom. The minimum Gasteiger partial charge on any atom is -0.337 e. The van der Waals surface area contributed by atoms with E-state index in [9.17, 15) is 4.79 Å². The van der Waals surface area contributed by atoms with Gasteiger partial charge >= 0.3 is 0 Å². The van der Waals surface area contributed by atoms with Gasteiger partial charge in [0.15, 0.2) is 0 Å². The van der Waals surface area contributed by atoms with Crippen molar-refractivity contribution in [3.8, 4) is 0 Å². The molecule has 1 saturated heterocycles. The maximum atomic E-state index is 13.0. The van der Waals surface area contributed by atoms with Crippen molar-refractivity contribution in [2.45, 2.75) is 51.2 Å². The minimum absolute atomic E-state index is 0.101. The van der Waals surface area contributed by atoms with Gasteiger partial charge in [0.25, 0.3) is 0 Å². The number of pyridine rings is 1. The molecule has 4 atom stereocenters. The molecule has 2 aliphatic heterocycles. The smallest absolute Gasteiger partial charge is 0.241 e. The van der Waals surface area contributed by atoms with Gasteiger partial charge in [-0.05, 0) is 36.8 Å². The van der Waals surface area contributed by atoms with Crippen molar-refractivity contribution >= 4 is 17.5 Å². The number of hydrogen-bond acceptors (Lipinski definition) is 4. The highest BCUT2D eigenvalue weighted by Gasteiger charge is 2.44. The summed E-state index contributed by atoms with van der Waals surface area (Å²) < 4.78 is 0. The van der Waals surface area contributed by atoms with E-state index in [1.807, 2.05) is 11.0 Å². The van der Waals surface area contributed by atoms with E-state index in [0.29, 0.717) is 29.4 Å². The topological polar surface area (TPSA) is 57.3 Å². The van der Waals surface area contributed by atoms with Gasteiger partial charge in [-0.15, -0.1) is 0 Å². The standard InChI is InChI=1S/C17H23ClN4O/c1-10-2-3-15-13(6-10)16(21-20-15)17(23)22-5-4-14-11(9-22)7-12(18)8-19-14/h7-8,10,13,15-16,20-21H,2-6,9H2,1H3. The molecule has 3 heterocycles. The van der Waals surface area contributed by atoms with Crippen LogP contribution in [0.25, 0.3) is 0 Å². The number of hydrogen-bond donors (Lipinski definition) is 2. The van der Waals surface area contributed by atoms with Crippen LogP contribution in [0.4, 0.5) is 0 Å². The second kappa shape index (κ2) is 6.04. The molecule has 1 amide bonds. The molecule has 1 aromatic rings. The van der Waals surface area contributed by atoms with E-state index in [2.05, 4.69) is 22.8 Å². The number of hydrazine groups is 1. The Morgan fingerprint density at radius 1 is 1.39 bits per heavy atom. The Hall–Kier alpha value is -1.17. The summed E-state index contributed by atoms with van der Waals surface area (Å²) in [4.78, 5) is 19.4. The first kappa shape index (κ1) is 15.4. The number of halogens is 1. The highest BCUT2D eigenvalue weighted by Crippen LogP contribution is 2.34. The molecule has 124 valence electrons. The zero-order valence-corrected chi connectivity index (χ0v) is 14.1. The Labute approximate surface area is 141 Å². The SMILES string of the molecule is CC1CCC2NNC(C(=O)N3CCc4ncc(Cl)cc4C3)C2C1. The van der Waals surface area contributed by atoms with Crippen LogP contribution in [0.5, 0.6) is 0 Å². The molecule has 6 heteroatoms. The first-order chi connectivity index (χ1) is 11.1. The van der Waals surface area contributed by atoms with Crippen LogP contribution in [0.1, 0.15) is 37.4 Å². The van der Waals surface area contributed by atoms with Gasteiger partial charge in [-0.3, -0.25) is 15.2 Å². The molecule has 0 aromatic carbocycles. The lowest BCUT2D eigenvalue weighted by molar-refractivity contribution is -0.135. The van der Waals surface area contributed by atoms with E-state index in [1.54, 1.807) is 6.20 Å². The number of nitrogens with one attached hydrogen (secondary N) is 2. The van der Waals surface area contributed by atoms with Crippen LogP contribution in [0, 0.1) is 11.8 Å². The van der Waals surface area contributed by atoms with Gasteiger partial charge in [0.2, 0.25) is 5.91 Å². The van der Waals surface area contributed by atoms with Crippen LogP contribution in [0.2, 0.25) is 5.02 Å². The molecule has 5 nitrogen and oxygen atoms in total. The molecule has 4 rings (SSSR count). The predicted molar refractivity (Wildman–Crippen MR) is 88.7 cm³/mol. The van der Waals surface area contributed by atoms with Gasteiger partial charge in [-0.1, -0.05) is 18.5 Å². The van der Waals surface area contributed by atoms with Crippen LogP contribution in [-0.4, -0.2) is 34.4 Å². The van der Waals surface area contributed by atoms with Gasteiger partial charge in [-0.25, -0.2) is 5.43 Å². The third kappa shape index (κ3) is 2.86. The van der Waals surface area contributed by atoms with Crippen LogP contribution in [0.3, 0.4) is 0 Å². The summed E-state index contributed by atoms with van der Waals surface area (Å²) in [5.74, 6) is 1.33. The number of carbonyl (C=O) groups excluding carboxylic acids is 1. The molecule has 2 N–H and O–H groups in total. The Bertz CT molecular complexity index is 623. The zero-order valence-electron chi connectivity index (χ0n) is 13.4. The second-order valence-electron chi connectivity index (χ2n) is 7.22. The van der Waals surface area contributed by atoms with E-state index >= 15 is 0 Å². The van der Waals surface area contributed by atoms with Crippen molar-refractivity contribution in [1.82, 2.24) is 20.7 Å². The molecule has 23 heavy (non-hydrogen) atoms. The summed E-state index contributed by atoms with van der Waals surface area (Å²) in [6.45, 7) is 3.65. The number of amides is 1. The molecule has 4 unspecified atom stereocenters. The van der Waals surface area contributed by atoms with E-state index in [0.717, 1.165) is 37.1 Å². The van der Waals surface area contributed by atoms with Crippen LogP contribution < -0.4 is 10.9 Å². The summed E-state index contributed by atoms with van der Waals surface area (Å²) in [6, 6.07) is 2.28. The van der Waals surface area contributed by atoms with E-state index in [-0.39, 0.29) is 11.9 Å². The molecular weight excluding hydrogens is 312 g/mol. The normalized spacial score (nSPS) is 33.2. The largest absolute Gasteiger partial charge is 0.337 e. The number of nitrogens with zero attached hydrogens (tertiary/aromatic N) is 2. The first-order valence-electron chi connectivity index (χ1n) is 8.55. The van der Waals surface area contributed by atoms with Gasteiger partial charge in [-0.2, -0.15) is 0 Å². The predicted octanol–water partition coefficient (Wildman–Crippen LogP) is 1.90. The summed E-state index contributed by atoms with van der Waals surface area (Å²) >= 11 is 6.05. The Kier molecular flexibility index (Phi) is 4.03. The lowest BCUT2D eigenvalue weighted by Crippen LogP contribution is -2.49. The third-order valence-electron chi connectivity index (χ3n) is 5.60. The second-order valence-corrected chi connectivity index (χ2v) is 7.66. The minimum atomic E-state index is -0.101. The van der Waals surface area contributed by atoms with Gasteiger partial charge < -0.3 is 4.90 Å². The van der Waals surface area contributed by atoms with Crippen molar-refractivity contribution in [1.29, 1.82) is 0 Å². The molecule has 0 bridgehead atoms. The first-order valence-corrected chi connectivity index (χ1v) is 8.93. The maximum Gasteiger partial charge on any atom is 0.241 e. The highest BCUT2D eigenvalue weighted by molar-refractivity contribution is 6.30. The molecule has 1 aromatic heterocycles. The monoisotopic (exact) mass is 334 g/mol. The maximum absolute atomic E-state index is 13.0. The number of carbonyl (C=O) groups is 1. The highest BCUT2D eigenvalue weighted by atomic mass is 35.5. The third-order valence-corrected chi connectivity index (χ3v) is 5.80. The van der Waals surface area contributed by atoms with E-state index < -0.39 is 0 Å². The molecule has 0 radical (unpaired) electrons. The lowest BCUT2D eigenvalue weighted by atomic mass is 9.76. The Balaban J connectivity index is 1.49. The van der Waals surface area contributed by atoms with Crippen LogP contribution >= 0.6 is 11.6 Å². The average molecular weight is 335 g/mol. The molecule has 3 aliphatic rings. The molecule has 0 spiro atoms. The zero-order chi connectivity index (χ0) is 16.0. The van der Waals surface area contributed by atoms with Crippen LogP contribution in [0.15, 0.2) is 12.3 Å². The lowest BCUT2D eigenvalue weighted by Gasteiger charge is -2.34. The fraction of sp³-hybridized carbons (Fsp3) is 0.647. The van der Waals surface area contributed by atoms with Crippen molar-refractivity contribution < 1.29 is 4.79 Å².